The zero-order valence-corrected chi connectivity index (χ0v) is 24.1. The fourth-order valence-electron chi connectivity index (χ4n) is 3.14. The molecule has 0 N–H and O–H groups in total. The summed E-state index contributed by atoms with van der Waals surface area (Å²) in [6.45, 7) is 30.7. The molecule has 0 aliphatic rings. The standard InChI is InChI=1S/C12H36GeN2Si4.Pt/c1-16(2,3)14(17(4,5)6)13-15(18(7,8)9)19(10,11)12;/h1-12H3;. The van der Waals surface area contributed by atoms with E-state index in [9.17, 15) is 0 Å². The van der Waals surface area contributed by atoms with Gasteiger partial charge in [0, 0.05) is 0 Å². The van der Waals surface area contributed by atoms with E-state index in [-0.39, 0.29) is 0 Å². The van der Waals surface area contributed by atoms with Crippen LogP contribution in [0.1, 0.15) is 0 Å². The zero-order chi connectivity index (χ0) is 16.7. The first-order valence-electron chi connectivity index (χ1n) is 7.50. The Bertz CT molecular complexity index is 302. The first-order valence-corrected chi connectivity index (χ1v) is 29.7. The summed E-state index contributed by atoms with van der Waals surface area (Å²) in [4.78, 5) is 0. The summed E-state index contributed by atoms with van der Waals surface area (Å²) < 4.78 is 6.27. The van der Waals surface area contributed by atoms with Crippen molar-refractivity contribution in [3.05, 3.63) is 0 Å². The van der Waals surface area contributed by atoms with E-state index in [0.29, 0.717) is 0 Å². The molecule has 0 bridgehead atoms. The van der Waals surface area contributed by atoms with Crippen molar-refractivity contribution >= 4 is 44.5 Å². The van der Waals surface area contributed by atoms with Crippen LogP contribution in [0, 0.1) is 0 Å². The van der Waals surface area contributed by atoms with Crippen molar-refractivity contribution in [2.45, 2.75) is 78.6 Å². The van der Waals surface area contributed by atoms with Crippen molar-refractivity contribution in [1.82, 2.24) is 6.38 Å². The molecule has 0 unspecified atom stereocenters. The van der Waals surface area contributed by atoms with Gasteiger partial charge >= 0.3 is 146 Å². The molecular formula is C12H36GeN2PtSi4. The monoisotopic (exact) mass is 589 g/mol. The van der Waals surface area contributed by atoms with E-state index >= 15 is 0 Å². The first kappa shape index (κ1) is 22.0. The molecule has 0 amide bonds. The van der Waals surface area contributed by atoms with Gasteiger partial charge in [-0.2, -0.15) is 0 Å². The van der Waals surface area contributed by atoms with Gasteiger partial charge in [-0.05, 0) is 0 Å². The average molecular weight is 588 g/mol. The second kappa shape index (κ2) is 6.87. The molecule has 2 nitrogen and oxygen atoms in total. The molecule has 8 heteroatoms. The van der Waals surface area contributed by atoms with Gasteiger partial charge in [0.15, 0.2) is 0 Å². The molecule has 0 rings (SSSR count). The van der Waals surface area contributed by atoms with Gasteiger partial charge in [0.25, 0.3) is 0 Å². The Balaban J connectivity index is 5.89. The average Bonchev–Trinajstić information content (AvgIpc) is 1.88. The second-order valence-electron chi connectivity index (χ2n) is 9.60. The molecule has 0 aliphatic heterocycles. The van der Waals surface area contributed by atoms with Gasteiger partial charge in [0.2, 0.25) is 0 Å². The molecule has 20 heavy (non-hydrogen) atoms. The van der Waals surface area contributed by atoms with Crippen LogP contribution in [0.2, 0.25) is 78.6 Å². The predicted octanol–water partition coefficient (Wildman–Crippen LogP) is 4.46. The van der Waals surface area contributed by atoms with Crippen molar-refractivity contribution in [3.8, 4) is 0 Å². The first-order chi connectivity index (χ1) is 8.40. The molecule has 0 aromatic carbocycles. The third-order valence-electron chi connectivity index (χ3n) is 3.02. The normalized spacial score (nSPS) is 15.2. The summed E-state index contributed by atoms with van der Waals surface area (Å²) in [6.07, 6.45) is 0. The van der Waals surface area contributed by atoms with Gasteiger partial charge in [-0.25, -0.2) is 0 Å². The van der Waals surface area contributed by atoms with Crippen LogP contribution in [0.25, 0.3) is 0 Å². The van der Waals surface area contributed by atoms with E-state index in [1.165, 1.54) is 0 Å². The number of rotatable bonds is 6. The molecule has 0 atom stereocenters. The Labute approximate surface area is 145 Å². The van der Waals surface area contributed by atoms with Crippen LogP contribution in [0.3, 0.4) is 0 Å². The van der Waals surface area contributed by atoms with Gasteiger partial charge in [-0.3, -0.25) is 0 Å². The van der Waals surface area contributed by atoms with Crippen LogP contribution in [0.4, 0.5) is 0 Å². The van der Waals surface area contributed by atoms with E-state index < -0.39 is 44.5 Å². The van der Waals surface area contributed by atoms with Gasteiger partial charge in [0.05, 0.1) is 0 Å². The molecule has 124 valence electrons. The molecule has 0 fully saturated rings. The molecule has 0 spiro atoms. The summed E-state index contributed by atoms with van der Waals surface area (Å²) in [6, 6.07) is 0. The third kappa shape index (κ3) is 6.26. The van der Waals surface area contributed by atoms with Crippen LogP contribution < -0.4 is 0 Å². The third-order valence-corrected chi connectivity index (χ3v) is 54.2. The molecule has 0 aliphatic carbocycles. The van der Waals surface area contributed by atoms with E-state index in [2.05, 4.69) is 102 Å². The Kier molecular flexibility index (Phi) is 7.56. The fourth-order valence-corrected chi connectivity index (χ4v) is 86.3. The van der Waals surface area contributed by atoms with Crippen LogP contribution >= 0.6 is 0 Å². The molecule has 0 radical (unpaired) electrons. The number of hydrogen-bond donors (Lipinski definition) is 0. The number of hydrogen-bond acceptors (Lipinski definition) is 2. The van der Waals surface area contributed by atoms with Crippen LogP contribution in [-0.4, -0.2) is 50.9 Å². The van der Waals surface area contributed by atoms with Crippen LogP contribution in [0.5, 0.6) is 0 Å². The van der Waals surface area contributed by atoms with Crippen molar-refractivity contribution in [1.29, 1.82) is 0 Å². The summed E-state index contributed by atoms with van der Waals surface area (Å²) in [5.41, 5.74) is 0. The summed E-state index contributed by atoms with van der Waals surface area (Å²) >= 11 is 1.53. The maximum absolute atomic E-state index is 3.14. The van der Waals surface area contributed by atoms with Gasteiger partial charge in [-0.15, -0.1) is 0 Å². The topological polar surface area (TPSA) is 6.48 Å². The molecular weight excluding hydrogens is 552 g/mol. The Morgan fingerprint density at radius 3 is 0.750 bits per heavy atom. The van der Waals surface area contributed by atoms with Crippen molar-refractivity contribution in [2.75, 3.05) is 0 Å². The van der Waals surface area contributed by atoms with E-state index in [0.717, 1.165) is 0 Å². The van der Waals surface area contributed by atoms with Gasteiger partial charge < -0.3 is 0 Å². The minimum absolute atomic E-state index is 1.24. The fraction of sp³-hybridized carbons (Fsp3) is 1.00. The van der Waals surface area contributed by atoms with Gasteiger partial charge in [0.1, 0.15) is 0 Å². The second-order valence-corrected chi connectivity index (χ2v) is 41.6. The molecule has 0 aromatic heterocycles. The summed E-state index contributed by atoms with van der Waals surface area (Å²) in [7, 11) is -4.96. The summed E-state index contributed by atoms with van der Waals surface area (Å²) in [5, 5.41) is 0. The summed E-state index contributed by atoms with van der Waals surface area (Å²) in [5.74, 6) is 0. The predicted molar refractivity (Wildman–Crippen MR) is 103 cm³/mol. The molecule has 0 saturated carbocycles. The van der Waals surface area contributed by atoms with E-state index in [4.69, 9.17) is 0 Å². The van der Waals surface area contributed by atoms with Crippen molar-refractivity contribution in [2.24, 2.45) is 0 Å². The Morgan fingerprint density at radius 1 is 0.500 bits per heavy atom. The SMILES string of the molecule is C[Si](C)(C)[N]([Ge](=[Pt])[N]([Si](C)(C)C)[Si](C)(C)C)[Si](C)(C)C. The molecule has 0 aromatic rings. The molecule has 0 heterocycles. The Hall–Kier alpha value is 2.02. The van der Waals surface area contributed by atoms with E-state index in [1.807, 2.05) is 0 Å². The van der Waals surface area contributed by atoms with Crippen molar-refractivity contribution in [3.63, 3.8) is 0 Å². The van der Waals surface area contributed by atoms with Gasteiger partial charge in [-0.1, -0.05) is 0 Å². The van der Waals surface area contributed by atoms with E-state index in [1.54, 1.807) is 0 Å². The minimum atomic E-state index is -1.37. The molecule has 0 saturated heterocycles. The number of nitrogens with zero attached hydrogens (tertiary/aromatic N) is 2. The quantitative estimate of drug-likeness (QED) is 0.423. The Morgan fingerprint density at radius 2 is 0.650 bits per heavy atom. The van der Waals surface area contributed by atoms with Crippen LogP contribution in [-0.2, 0) is 17.0 Å². The zero-order valence-electron chi connectivity index (χ0n) is 15.7. The van der Waals surface area contributed by atoms with Crippen molar-refractivity contribution < 1.29 is 17.0 Å². The maximum atomic E-state index is 3.14. The van der Waals surface area contributed by atoms with Crippen LogP contribution in [0.15, 0.2) is 0 Å².